The maximum Gasteiger partial charge on any atom is 0.298 e. The first-order valence-electron chi connectivity index (χ1n) is 46.4. The van der Waals surface area contributed by atoms with Crippen LogP contribution in [0.3, 0.4) is 0 Å². The standard InChI is InChI=1S/C33H36N6O2.C19H25N5O2.C19H27N5.C14H12ClNO2.C12H16N4O2.C7H8BrN.CH4O/c1-21-15-22(2)34-30(16-21)38-13-14-39-26(20-38)19-36(4)29-18-25(11-12-28(29)39)35-33(41)32(40)31-27(17-23(3)37(31)5)24-9-7-6-8-10-24;1-14-11-15(2)21-19(12-14)23-9-4-8-22(3)18-13-16(24(25)26)5-6-17(18)20-7-10-23;1-14-11-15(2)22-19(12-14)24-9-4-8-23(3)18-13-16(20)5-6-17(18)21-7-10-24;1-9-8-11(10-6-4-3-5-7-10)12(16(9)2)13(17)14(15)18;1-14-8-10-7-13-4-5-15(10)11-3-2-9(16(17)18)6-12(11)14;1-5-3-6(2)9-7(8)4-5;1-2/h6-12,15-18,26H,13-14,19-20H2,1-5H3,(H,35,41);5-6,11-13,20H,4,7-10H2,1-3H3;5-6,11-13,21H,4,7-10,20H2,1-3H3;3-8H,1-2H3;2-3,6,10,13H,4-5,7-8H2,1H3;3-4H,1-2H3;2H,1H3. The van der Waals surface area contributed by atoms with Crippen LogP contribution >= 0.6 is 27.5 Å². The lowest BCUT2D eigenvalue weighted by Crippen LogP contribution is -2.59. The highest BCUT2D eigenvalue weighted by Gasteiger charge is 2.37. The second-order valence-electron chi connectivity index (χ2n) is 35.7. The number of nitro groups is 2. The summed E-state index contributed by atoms with van der Waals surface area (Å²) in [6.45, 7) is 34.7. The molecule has 6 aliphatic heterocycles. The summed E-state index contributed by atoms with van der Waals surface area (Å²) in [7, 11) is 12.7. The first-order valence-corrected chi connectivity index (χ1v) is 47.6. The van der Waals surface area contributed by atoms with Crippen LogP contribution in [0.4, 0.5) is 85.7 Å². The summed E-state index contributed by atoms with van der Waals surface area (Å²) in [4.78, 5) is 110. The maximum atomic E-state index is 13.4. The minimum absolute atomic E-state index is 0.121. The Morgan fingerprint density at radius 2 is 0.870 bits per heavy atom. The Morgan fingerprint density at radius 3 is 1.36 bits per heavy atom. The number of halogens is 2. The number of pyridine rings is 4. The van der Waals surface area contributed by atoms with Gasteiger partial charge in [-0.3, -0.25) is 39.4 Å². The summed E-state index contributed by atoms with van der Waals surface area (Å²) in [6, 6.07) is 62.7. The first kappa shape index (κ1) is 103. The molecule has 2 unspecified atom stereocenters. The zero-order valence-electron chi connectivity index (χ0n) is 82.0. The van der Waals surface area contributed by atoms with E-state index in [4.69, 9.17) is 32.4 Å². The van der Waals surface area contributed by atoms with Crippen molar-refractivity contribution in [2.24, 2.45) is 14.1 Å². The molecule has 0 saturated carbocycles. The van der Waals surface area contributed by atoms with Crippen molar-refractivity contribution < 1.29 is 34.1 Å². The molecule has 0 aliphatic carbocycles. The smallest absolute Gasteiger partial charge is 0.298 e. The highest BCUT2D eigenvalue weighted by atomic mass is 79.9. The van der Waals surface area contributed by atoms with E-state index in [0.29, 0.717) is 29.2 Å². The number of non-ortho nitro benzene ring substituents is 2. The van der Waals surface area contributed by atoms with E-state index in [9.17, 15) is 39.4 Å². The van der Waals surface area contributed by atoms with E-state index in [1.165, 1.54) is 27.9 Å². The number of anilines is 13. The number of nitro benzene ring substituents is 2. The number of piperazine rings is 2. The largest absolute Gasteiger partial charge is 0.400 e. The molecule has 6 aliphatic rings. The number of aliphatic hydroxyl groups is 1. The van der Waals surface area contributed by atoms with Gasteiger partial charge in [-0.1, -0.05) is 60.7 Å². The average Bonchev–Trinajstić information content (AvgIpc) is 1.01. The number of aryl methyl sites for hydroxylation is 10. The summed E-state index contributed by atoms with van der Waals surface area (Å²) in [5, 5.41) is 41.2. The normalized spacial score (nSPS) is 15.4. The van der Waals surface area contributed by atoms with Gasteiger partial charge in [-0.25, -0.2) is 19.9 Å². The molecular formula is C105H128BrClN22O9. The van der Waals surface area contributed by atoms with Crippen LogP contribution in [0.15, 0.2) is 199 Å². The number of likely N-dealkylation sites (N-methyl/N-ethyl adjacent to an activating group) is 2. The third-order valence-corrected chi connectivity index (χ3v) is 25.7. The zero-order chi connectivity index (χ0) is 99.5. The molecule has 0 radical (unpaired) electrons. The van der Waals surface area contributed by atoms with Crippen molar-refractivity contribution in [1.82, 2.24) is 34.4 Å². The minimum Gasteiger partial charge on any atom is -0.400 e. The van der Waals surface area contributed by atoms with Crippen molar-refractivity contribution in [3.8, 4) is 22.3 Å². The number of nitrogens with one attached hydrogen (secondary N) is 4. The van der Waals surface area contributed by atoms with E-state index in [0.717, 1.165) is 249 Å². The number of carbonyl (C=O) groups excluding carboxylic acids is 4. The third-order valence-electron chi connectivity index (χ3n) is 25.1. The highest BCUT2D eigenvalue weighted by molar-refractivity contribution is 9.10. The molecule has 0 bridgehead atoms. The second-order valence-corrected chi connectivity index (χ2v) is 36.9. The van der Waals surface area contributed by atoms with Crippen LogP contribution in [0.25, 0.3) is 22.3 Å². The number of ketones is 2. The number of fused-ring (bicyclic) bond motifs is 8. The Morgan fingerprint density at radius 1 is 0.435 bits per heavy atom. The number of hydrogen-bond donors (Lipinski definition) is 6. The molecule has 6 aromatic heterocycles. The van der Waals surface area contributed by atoms with Gasteiger partial charge in [0.1, 0.15) is 33.4 Å². The van der Waals surface area contributed by atoms with Gasteiger partial charge in [-0.15, -0.1) is 0 Å². The van der Waals surface area contributed by atoms with E-state index in [1.807, 2.05) is 171 Å². The van der Waals surface area contributed by atoms with Crippen LogP contribution in [0, 0.1) is 89.5 Å². The van der Waals surface area contributed by atoms with Crippen molar-refractivity contribution in [2.75, 3.05) is 206 Å². The molecule has 33 heteroatoms. The Labute approximate surface area is 822 Å². The number of hydrogen-bond acceptors (Lipinski definition) is 26. The molecule has 2 atom stereocenters. The number of carbonyl (C=O) groups is 4. The lowest BCUT2D eigenvalue weighted by molar-refractivity contribution is -0.385. The number of aliphatic hydroxyl groups excluding tert-OH is 1. The van der Waals surface area contributed by atoms with Gasteiger partial charge in [0, 0.05) is 235 Å². The lowest BCUT2D eigenvalue weighted by Gasteiger charge is -2.49. The molecule has 31 nitrogen and oxygen atoms in total. The average molecular weight is 1960 g/mol. The number of nitrogens with zero attached hydrogens (tertiary/aromatic N) is 17. The van der Waals surface area contributed by atoms with Gasteiger partial charge in [0.05, 0.1) is 67.4 Å². The van der Waals surface area contributed by atoms with Gasteiger partial charge < -0.3 is 85.3 Å². The fourth-order valence-electron chi connectivity index (χ4n) is 18.4. The van der Waals surface area contributed by atoms with Gasteiger partial charge in [-0.2, -0.15) is 0 Å². The molecule has 12 heterocycles. The summed E-state index contributed by atoms with van der Waals surface area (Å²) >= 11 is 8.60. The summed E-state index contributed by atoms with van der Waals surface area (Å²) in [6.07, 6.45) is 2.03. The SMILES string of the molecule is CN1CC2CNCCN2c2ccc([N+](=O)[O-])cc21.CO.Cc1cc(-c2ccccc2)c(C(=O)C(=O)Cl)n1C.Cc1cc(C)nc(Br)c1.Cc1cc(C)nc(N2CCCN(C)c3cc(N)ccc3NCC2)c1.Cc1cc(C)nc(N2CCCN(C)c3cc([N+](=O)[O-])ccc3NCC2)c1.Cc1cc(C)nc(N2CCN3c4ccc(NC(=O)C(=O)c5c(-c6ccccc6)cc(C)n5C)cc4N(C)CC3C2)c1. The van der Waals surface area contributed by atoms with Gasteiger partial charge in [0.25, 0.3) is 34.1 Å². The van der Waals surface area contributed by atoms with Crippen LogP contribution in [0.5, 0.6) is 0 Å². The second kappa shape index (κ2) is 47.2. The first-order chi connectivity index (χ1) is 66.0. The Kier molecular flexibility index (Phi) is 35.2. The molecule has 6 aromatic carbocycles. The fraction of sp³-hybridized carbons (Fsp3) is 0.352. The number of benzene rings is 6. The van der Waals surface area contributed by atoms with Crippen molar-refractivity contribution >= 4 is 136 Å². The van der Waals surface area contributed by atoms with E-state index in [1.54, 1.807) is 46.5 Å². The molecule has 726 valence electrons. The molecule has 2 fully saturated rings. The predicted molar refractivity (Wildman–Crippen MR) is 565 cm³/mol. The van der Waals surface area contributed by atoms with Crippen LogP contribution in [0.1, 0.15) is 90.2 Å². The zero-order valence-corrected chi connectivity index (χ0v) is 84.3. The van der Waals surface area contributed by atoms with Crippen molar-refractivity contribution in [3.63, 3.8) is 0 Å². The Hall–Kier alpha value is -14.0. The molecule has 18 rings (SSSR count). The Bertz CT molecular complexity index is 6230. The fourth-order valence-corrected chi connectivity index (χ4v) is 19.2. The van der Waals surface area contributed by atoms with Crippen molar-refractivity contribution in [2.45, 2.75) is 94.2 Å². The van der Waals surface area contributed by atoms with E-state index in [2.05, 4.69) is 189 Å². The molecular weight excluding hydrogens is 1830 g/mol. The van der Waals surface area contributed by atoms with E-state index >= 15 is 0 Å². The topological polar surface area (TPSA) is 340 Å². The summed E-state index contributed by atoms with van der Waals surface area (Å²) in [5.74, 6) is 1.26. The molecule has 1 amide bonds. The number of rotatable bonds is 12. The van der Waals surface area contributed by atoms with Crippen LogP contribution in [-0.4, -0.2) is 219 Å². The minimum atomic E-state index is -0.964. The molecule has 138 heavy (non-hydrogen) atoms. The number of amides is 1. The molecule has 0 spiro atoms. The molecule has 12 aromatic rings. The van der Waals surface area contributed by atoms with Crippen LogP contribution < -0.4 is 71.1 Å². The van der Waals surface area contributed by atoms with Gasteiger partial charge >= 0.3 is 0 Å². The summed E-state index contributed by atoms with van der Waals surface area (Å²) in [5.41, 5.74) is 31.0. The van der Waals surface area contributed by atoms with Gasteiger partial charge in [0.15, 0.2) is 0 Å². The molecule has 7 N–H and O–H groups in total. The van der Waals surface area contributed by atoms with Crippen molar-refractivity contribution in [3.05, 3.63) is 287 Å². The summed E-state index contributed by atoms with van der Waals surface area (Å²) < 4.78 is 4.39. The third kappa shape index (κ3) is 26.0. The number of aromatic nitrogens is 6. The van der Waals surface area contributed by atoms with Crippen molar-refractivity contribution in [1.29, 1.82) is 0 Å². The lowest BCUT2D eigenvalue weighted by atomic mass is 10.0. The van der Waals surface area contributed by atoms with Gasteiger partial charge in [-0.05, 0) is 252 Å². The highest BCUT2D eigenvalue weighted by Crippen LogP contribution is 2.42. The molecule has 2 saturated heterocycles. The Balaban J connectivity index is 0.000000155. The van der Waals surface area contributed by atoms with Gasteiger partial charge in [0.2, 0.25) is 0 Å². The maximum absolute atomic E-state index is 13.4. The van der Waals surface area contributed by atoms with E-state index < -0.39 is 22.7 Å². The quantitative estimate of drug-likeness (QED) is 0.0126. The monoisotopic (exact) mass is 1950 g/mol. The number of Topliss-reactive ketones (excluding diaryl/α,β-unsaturated/α-hetero) is 2. The predicted octanol–water partition coefficient (Wildman–Crippen LogP) is 17.2. The van der Waals surface area contributed by atoms with Crippen LogP contribution in [-0.2, 0) is 23.7 Å². The number of nitrogen functional groups attached to an aromatic ring is 1. The van der Waals surface area contributed by atoms with Crippen LogP contribution in [0.2, 0.25) is 0 Å². The van der Waals surface area contributed by atoms with E-state index in [-0.39, 0.29) is 21.2 Å². The number of nitrogens with two attached hydrogens (primary N) is 1.